The zero-order valence-electron chi connectivity index (χ0n) is 11.3. The topological polar surface area (TPSA) is 55.1 Å². The van der Waals surface area contributed by atoms with Gasteiger partial charge in [0.2, 0.25) is 5.91 Å². The smallest absolute Gasteiger partial charge is 0.224 e. The molecule has 0 spiro atoms. The van der Waals surface area contributed by atoms with E-state index in [1.54, 1.807) is 6.07 Å². The maximum absolute atomic E-state index is 12.0. The zero-order valence-corrected chi connectivity index (χ0v) is 12.0. The number of hydrogen-bond donors (Lipinski definition) is 2. The van der Waals surface area contributed by atoms with Crippen LogP contribution in [0.15, 0.2) is 48.5 Å². The number of halogens is 1. The highest BCUT2D eigenvalue weighted by Gasteiger charge is 2.11. The van der Waals surface area contributed by atoms with Gasteiger partial charge in [-0.25, -0.2) is 0 Å². The van der Waals surface area contributed by atoms with E-state index in [1.165, 1.54) is 0 Å². The summed E-state index contributed by atoms with van der Waals surface area (Å²) < 4.78 is 0. The molecule has 0 aliphatic heterocycles. The molecule has 104 valence electrons. The fourth-order valence-electron chi connectivity index (χ4n) is 2.00. The monoisotopic (exact) mass is 288 g/mol. The molecule has 4 heteroatoms. The van der Waals surface area contributed by atoms with Gasteiger partial charge < -0.3 is 11.1 Å². The molecule has 0 fully saturated rings. The van der Waals surface area contributed by atoms with Crippen molar-refractivity contribution in [2.45, 2.75) is 19.4 Å². The van der Waals surface area contributed by atoms with Crippen LogP contribution >= 0.6 is 11.6 Å². The molecule has 0 bridgehead atoms. The van der Waals surface area contributed by atoms with E-state index in [-0.39, 0.29) is 18.4 Å². The van der Waals surface area contributed by atoms with Crippen molar-refractivity contribution in [3.8, 4) is 0 Å². The third-order valence-electron chi connectivity index (χ3n) is 3.15. The molecular weight excluding hydrogens is 272 g/mol. The number of carbonyl (C=O) groups is 1. The molecule has 1 atom stereocenters. The summed E-state index contributed by atoms with van der Waals surface area (Å²) in [5.74, 6) is -0.0506. The minimum Gasteiger partial charge on any atom is -0.398 e. The molecule has 3 N–H and O–H groups in total. The predicted molar refractivity (Wildman–Crippen MR) is 82.6 cm³/mol. The Morgan fingerprint density at radius 2 is 1.85 bits per heavy atom. The fraction of sp³-hybridized carbons (Fsp3) is 0.188. The number of para-hydroxylation sites is 1. The molecule has 2 aromatic carbocycles. The molecule has 0 heterocycles. The van der Waals surface area contributed by atoms with Gasteiger partial charge in [-0.05, 0) is 36.2 Å². The first-order valence-corrected chi connectivity index (χ1v) is 6.82. The first-order chi connectivity index (χ1) is 9.56. The van der Waals surface area contributed by atoms with Crippen LogP contribution in [0.2, 0.25) is 5.02 Å². The van der Waals surface area contributed by atoms with Gasteiger partial charge in [-0.1, -0.05) is 41.9 Å². The Kier molecular flexibility index (Phi) is 4.64. The Hall–Kier alpha value is -2.00. The van der Waals surface area contributed by atoms with Gasteiger partial charge in [0.1, 0.15) is 0 Å². The lowest BCUT2D eigenvalue weighted by Crippen LogP contribution is -2.28. The van der Waals surface area contributed by atoms with Crippen LogP contribution in [0.3, 0.4) is 0 Å². The molecule has 2 aromatic rings. The summed E-state index contributed by atoms with van der Waals surface area (Å²) in [5.41, 5.74) is 8.33. The van der Waals surface area contributed by atoms with Gasteiger partial charge in [0.25, 0.3) is 0 Å². The lowest BCUT2D eigenvalue weighted by Gasteiger charge is -2.15. The van der Waals surface area contributed by atoms with Gasteiger partial charge in [0.15, 0.2) is 0 Å². The Morgan fingerprint density at radius 1 is 1.20 bits per heavy atom. The van der Waals surface area contributed by atoms with E-state index in [4.69, 9.17) is 17.3 Å². The van der Waals surface area contributed by atoms with Crippen molar-refractivity contribution in [1.29, 1.82) is 0 Å². The number of nitrogens with one attached hydrogen (secondary N) is 1. The molecule has 3 nitrogen and oxygen atoms in total. The van der Waals surface area contributed by atoms with Gasteiger partial charge in [0, 0.05) is 10.7 Å². The van der Waals surface area contributed by atoms with Crippen molar-refractivity contribution in [2.24, 2.45) is 0 Å². The molecule has 0 saturated carbocycles. The van der Waals surface area contributed by atoms with Crippen LogP contribution < -0.4 is 11.1 Å². The number of amides is 1. The number of nitrogens with two attached hydrogens (primary N) is 1. The van der Waals surface area contributed by atoms with Crippen LogP contribution in [0, 0.1) is 0 Å². The molecule has 0 aliphatic rings. The summed E-state index contributed by atoms with van der Waals surface area (Å²) in [4.78, 5) is 12.0. The zero-order chi connectivity index (χ0) is 14.5. The Bertz CT molecular complexity index is 596. The summed E-state index contributed by atoms with van der Waals surface area (Å²) in [5, 5.41) is 3.64. The molecule has 2 rings (SSSR count). The van der Waals surface area contributed by atoms with Crippen LogP contribution in [0.5, 0.6) is 0 Å². The minimum atomic E-state index is -0.0651. The van der Waals surface area contributed by atoms with Crippen LogP contribution in [-0.2, 0) is 11.2 Å². The second kappa shape index (κ2) is 6.44. The normalized spacial score (nSPS) is 11.9. The minimum absolute atomic E-state index is 0.0506. The molecule has 0 saturated heterocycles. The molecule has 0 radical (unpaired) electrons. The number of benzene rings is 2. The van der Waals surface area contributed by atoms with E-state index in [2.05, 4.69) is 5.32 Å². The summed E-state index contributed by atoms with van der Waals surface area (Å²) in [6.07, 6.45) is 0.282. The van der Waals surface area contributed by atoms with E-state index in [0.717, 1.165) is 11.1 Å². The number of nitrogen functional groups attached to an aromatic ring is 1. The second-order valence-electron chi connectivity index (χ2n) is 4.72. The second-order valence-corrected chi connectivity index (χ2v) is 5.15. The first kappa shape index (κ1) is 14.4. The molecule has 20 heavy (non-hydrogen) atoms. The standard InChI is InChI=1S/C16H17ClN2O/c1-11(12-6-8-14(17)9-7-12)19-16(20)10-13-4-2-3-5-15(13)18/h2-9,11H,10,18H2,1H3,(H,19,20). The molecule has 0 aliphatic carbocycles. The van der Waals surface area contributed by atoms with Gasteiger partial charge in [-0.3, -0.25) is 4.79 Å². The number of anilines is 1. The van der Waals surface area contributed by atoms with E-state index in [1.807, 2.05) is 49.4 Å². The van der Waals surface area contributed by atoms with Crippen LogP contribution in [0.25, 0.3) is 0 Å². The molecule has 0 aromatic heterocycles. The quantitative estimate of drug-likeness (QED) is 0.848. The lowest BCUT2D eigenvalue weighted by molar-refractivity contribution is -0.121. The van der Waals surface area contributed by atoms with Crippen LogP contribution in [0.4, 0.5) is 5.69 Å². The fourth-order valence-corrected chi connectivity index (χ4v) is 2.12. The highest BCUT2D eigenvalue weighted by molar-refractivity contribution is 6.30. The lowest BCUT2D eigenvalue weighted by atomic mass is 10.1. The third kappa shape index (κ3) is 3.75. The van der Waals surface area contributed by atoms with Crippen molar-refractivity contribution >= 4 is 23.2 Å². The maximum atomic E-state index is 12.0. The Labute approximate surface area is 123 Å². The van der Waals surface area contributed by atoms with E-state index in [9.17, 15) is 4.79 Å². The first-order valence-electron chi connectivity index (χ1n) is 6.44. The van der Waals surface area contributed by atoms with Gasteiger partial charge in [-0.2, -0.15) is 0 Å². The van der Waals surface area contributed by atoms with Crippen LogP contribution in [0.1, 0.15) is 24.1 Å². The number of rotatable bonds is 4. The van der Waals surface area contributed by atoms with E-state index >= 15 is 0 Å². The van der Waals surface area contributed by atoms with Crippen LogP contribution in [-0.4, -0.2) is 5.91 Å². The van der Waals surface area contributed by atoms with Gasteiger partial charge >= 0.3 is 0 Å². The average molecular weight is 289 g/mol. The molecule has 1 amide bonds. The third-order valence-corrected chi connectivity index (χ3v) is 3.41. The Balaban J connectivity index is 1.98. The summed E-state index contributed by atoms with van der Waals surface area (Å²) in [6.45, 7) is 1.94. The van der Waals surface area contributed by atoms with E-state index in [0.29, 0.717) is 10.7 Å². The molecular formula is C16H17ClN2O. The highest BCUT2D eigenvalue weighted by atomic mass is 35.5. The number of hydrogen-bond acceptors (Lipinski definition) is 2. The largest absolute Gasteiger partial charge is 0.398 e. The molecule has 1 unspecified atom stereocenters. The highest BCUT2D eigenvalue weighted by Crippen LogP contribution is 2.17. The maximum Gasteiger partial charge on any atom is 0.224 e. The predicted octanol–water partition coefficient (Wildman–Crippen LogP) is 3.34. The van der Waals surface area contributed by atoms with Crippen molar-refractivity contribution in [3.05, 3.63) is 64.7 Å². The van der Waals surface area contributed by atoms with Gasteiger partial charge in [0.05, 0.1) is 12.5 Å². The van der Waals surface area contributed by atoms with Crippen molar-refractivity contribution in [2.75, 3.05) is 5.73 Å². The Morgan fingerprint density at radius 3 is 2.50 bits per heavy atom. The SMILES string of the molecule is CC(NC(=O)Cc1ccccc1N)c1ccc(Cl)cc1. The van der Waals surface area contributed by atoms with Crippen molar-refractivity contribution in [3.63, 3.8) is 0 Å². The van der Waals surface area contributed by atoms with Crippen molar-refractivity contribution < 1.29 is 4.79 Å². The summed E-state index contributed by atoms with van der Waals surface area (Å²) in [7, 11) is 0. The van der Waals surface area contributed by atoms with E-state index < -0.39 is 0 Å². The summed E-state index contributed by atoms with van der Waals surface area (Å²) in [6, 6.07) is 14.8. The average Bonchev–Trinajstić information content (AvgIpc) is 2.42. The van der Waals surface area contributed by atoms with Crippen molar-refractivity contribution in [1.82, 2.24) is 5.32 Å². The van der Waals surface area contributed by atoms with Gasteiger partial charge in [-0.15, -0.1) is 0 Å². The number of carbonyl (C=O) groups excluding carboxylic acids is 1. The summed E-state index contributed by atoms with van der Waals surface area (Å²) >= 11 is 5.85.